The summed E-state index contributed by atoms with van der Waals surface area (Å²) in [4.78, 5) is 4.40. The van der Waals surface area contributed by atoms with Crippen molar-refractivity contribution in [2.24, 2.45) is 5.73 Å². The Balaban J connectivity index is 1.97. The molecule has 2 N–H and O–H groups in total. The van der Waals surface area contributed by atoms with Crippen molar-refractivity contribution in [3.05, 3.63) is 53.7 Å². The molecule has 2 heterocycles. The van der Waals surface area contributed by atoms with E-state index < -0.39 is 0 Å². The highest BCUT2D eigenvalue weighted by Crippen LogP contribution is 2.09. The Kier molecular flexibility index (Phi) is 3.85. The number of nitrogens with two attached hydrogens (primary N) is 1. The number of thiocarbonyl (C=S) groups is 1. The molecule has 0 spiro atoms. The van der Waals surface area contributed by atoms with Crippen molar-refractivity contribution < 1.29 is 9.15 Å². The number of furan rings is 1. The smallest absolute Gasteiger partial charge is 0.129 e. The number of nitrogens with zero attached hydrogens (tertiary/aromatic N) is 1. The van der Waals surface area contributed by atoms with Crippen LogP contribution in [-0.4, -0.2) is 9.97 Å². The number of hydrogen-bond acceptors (Lipinski definition) is 4. The summed E-state index contributed by atoms with van der Waals surface area (Å²) in [5.74, 6) is 0.783. The van der Waals surface area contributed by atoms with E-state index >= 15 is 0 Å². The predicted octanol–water partition coefficient (Wildman–Crippen LogP) is 2.03. The van der Waals surface area contributed by atoms with Gasteiger partial charge in [0.2, 0.25) is 0 Å². The summed E-state index contributed by atoms with van der Waals surface area (Å²) < 4.78 is 10.7. The molecule has 2 aromatic rings. The second-order valence-electron chi connectivity index (χ2n) is 3.45. The van der Waals surface area contributed by atoms with Crippen LogP contribution in [0.3, 0.4) is 0 Å². The summed E-state index contributed by atoms with van der Waals surface area (Å²) in [7, 11) is 0. The van der Waals surface area contributed by atoms with E-state index in [0.29, 0.717) is 18.9 Å². The first-order valence-electron chi connectivity index (χ1n) is 5.11. The van der Waals surface area contributed by atoms with Crippen LogP contribution in [-0.2, 0) is 18.0 Å². The summed E-state index contributed by atoms with van der Waals surface area (Å²) in [6.45, 7) is 0.819. The highest BCUT2D eigenvalue weighted by Gasteiger charge is 2.06. The van der Waals surface area contributed by atoms with Gasteiger partial charge in [-0.25, -0.2) is 0 Å². The minimum Gasteiger partial charge on any atom is -0.467 e. The predicted molar refractivity (Wildman–Crippen MR) is 67.3 cm³/mol. The highest BCUT2D eigenvalue weighted by molar-refractivity contribution is 7.80. The number of rotatable bonds is 5. The number of ether oxygens (including phenoxy) is 1. The lowest BCUT2D eigenvalue weighted by molar-refractivity contribution is 0.0926. The summed E-state index contributed by atoms with van der Waals surface area (Å²) in [5, 5.41) is 0. The average Bonchev–Trinajstić information content (AvgIpc) is 2.82. The molecule has 0 radical (unpaired) electrons. The largest absolute Gasteiger partial charge is 0.467 e. The number of hydrogen-bond donors (Lipinski definition) is 1. The molecule has 2 rings (SSSR count). The second kappa shape index (κ2) is 5.56. The number of aromatic nitrogens is 1. The van der Waals surface area contributed by atoms with Crippen molar-refractivity contribution in [3.63, 3.8) is 0 Å². The van der Waals surface area contributed by atoms with Crippen LogP contribution in [0.4, 0.5) is 0 Å². The topological polar surface area (TPSA) is 61.3 Å². The Labute approximate surface area is 104 Å². The van der Waals surface area contributed by atoms with Crippen molar-refractivity contribution in [1.82, 2.24) is 4.98 Å². The molecule has 0 unspecified atom stereocenters. The lowest BCUT2D eigenvalue weighted by atomic mass is 10.2. The molecule has 0 aliphatic rings. The van der Waals surface area contributed by atoms with Gasteiger partial charge < -0.3 is 14.9 Å². The SMILES string of the molecule is NC(=S)c1ncccc1COCc1ccco1. The van der Waals surface area contributed by atoms with Gasteiger partial charge in [0.25, 0.3) is 0 Å². The molecule has 0 atom stereocenters. The molecule has 0 aliphatic heterocycles. The zero-order valence-electron chi connectivity index (χ0n) is 9.13. The van der Waals surface area contributed by atoms with Crippen LogP contribution in [0.2, 0.25) is 0 Å². The van der Waals surface area contributed by atoms with Gasteiger partial charge in [0, 0.05) is 11.8 Å². The van der Waals surface area contributed by atoms with Crippen LogP contribution in [0.5, 0.6) is 0 Å². The first-order chi connectivity index (χ1) is 8.27. The van der Waals surface area contributed by atoms with Crippen molar-refractivity contribution in [2.45, 2.75) is 13.2 Å². The Bertz CT molecular complexity index is 497. The minimum atomic E-state index is 0.280. The van der Waals surface area contributed by atoms with Crippen LogP contribution < -0.4 is 5.73 Å². The molecule has 4 nitrogen and oxygen atoms in total. The van der Waals surface area contributed by atoms with Gasteiger partial charge in [0.15, 0.2) is 0 Å². The maximum absolute atomic E-state index is 5.58. The third-order valence-electron chi connectivity index (χ3n) is 2.21. The molecule has 0 saturated carbocycles. The zero-order valence-corrected chi connectivity index (χ0v) is 9.94. The molecule has 88 valence electrons. The van der Waals surface area contributed by atoms with E-state index in [1.165, 1.54) is 0 Å². The van der Waals surface area contributed by atoms with E-state index in [1.807, 2.05) is 24.3 Å². The lowest BCUT2D eigenvalue weighted by Crippen LogP contribution is -2.14. The summed E-state index contributed by atoms with van der Waals surface area (Å²) >= 11 is 4.92. The van der Waals surface area contributed by atoms with E-state index in [4.69, 9.17) is 27.1 Å². The molecule has 0 amide bonds. The summed E-state index contributed by atoms with van der Waals surface area (Å²) in [6.07, 6.45) is 3.27. The second-order valence-corrected chi connectivity index (χ2v) is 3.89. The van der Waals surface area contributed by atoms with Crippen molar-refractivity contribution in [1.29, 1.82) is 0 Å². The Hall–Kier alpha value is -1.72. The maximum Gasteiger partial charge on any atom is 0.129 e. The van der Waals surface area contributed by atoms with Crippen LogP contribution in [0.1, 0.15) is 17.0 Å². The van der Waals surface area contributed by atoms with Crippen LogP contribution in [0.25, 0.3) is 0 Å². The molecule has 17 heavy (non-hydrogen) atoms. The average molecular weight is 248 g/mol. The van der Waals surface area contributed by atoms with Crippen LogP contribution in [0.15, 0.2) is 41.1 Å². The Morgan fingerprint density at radius 2 is 2.24 bits per heavy atom. The minimum absolute atomic E-state index is 0.280. The van der Waals surface area contributed by atoms with Gasteiger partial charge in [0.1, 0.15) is 23.0 Å². The third-order valence-corrected chi connectivity index (χ3v) is 2.40. The quantitative estimate of drug-likeness (QED) is 0.820. The van der Waals surface area contributed by atoms with Crippen LogP contribution >= 0.6 is 12.2 Å². The van der Waals surface area contributed by atoms with Gasteiger partial charge in [0.05, 0.1) is 12.9 Å². The van der Waals surface area contributed by atoms with E-state index in [0.717, 1.165) is 11.3 Å². The monoisotopic (exact) mass is 248 g/mol. The molecule has 0 saturated heterocycles. The molecule has 0 fully saturated rings. The van der Waals surface area contributed by atoms with E-state index in [9.17, 15) is 0 Å². The highest BCUT2D eigenvalue weighted by atomic mass is 32.1. The fraction of sp³-hybridized carbons (Fsp3) is 0.167. The first kappa shape index (κ1) is 11.8. The Morgan fingerprint density at radius 1 is 1.35 bits per heavy atom. The van der Waals surface area contributed by atoms with E-state index in [1.54, 1.807) is 12.5 Å². The van der Waals surface area contributed by atoms with Crippen molar-refractivity contribution in [2.75, 3.05) is 0 Å². The number of pyridine rings is 1. The van der Waals surface area contributed by atoms with Gasteiger partial charge >= 0.3 is 0 Å². The summed E-state index contributed by atoms with van der Waals surface area (Å²) in [5.41, 5.74) is 7.07. The summed E-state index contributed by atoms with van der Waals surface area (Å²) in [6, 6.07) is 7.40. The molecule has 0 aliphatic carbocycles. The van der Waals surface area contributed by atoms with Crippen LogP contribution in [0, 0.1) is 0 Å². The standard InChI is InChI=1S/C12H12N2O2S/c13-12(17)11-9(3-1-5-14-11)7-15-8-10-4-2-6-16-10/h1-6H,7-8H2,(H2,13,17). The Morgan fingerprint density at radius 3 is 2.94 bits per heavy atom. The molecular formula is C12H12N2O2S. The first-order valence-corrected chi connectivity index (χ1v) is 5.52. The molecule has 2 aromatic heterocycles. The normalized spacial score (nSPS) is 10.4. The lowest BCUT2D eigenvalue weighted by Gasteiger charge is -2.06. The van der Waals surface area contributed by atoms with Gasteiger partial charge in [-0.05, 0) is 18.2 Å². The fourth-order valence-corrected chi connectivity index (χ4v) is 1.62. The molecule has 5 heteroatoms. The van der Waals surface area contributed by atoms with Gasteiger partial charge in [-0.1, -0.05) is 18.3 Å². The molecular weight excluding hydrogens is 236 g/mol. The van der Waals surface area contributed by atoms with Gasteiger partial charge in [-0.2, -0.15) is 0 Å². The molecule has 0 aromatic carbocycles. The van der Waals surface area contributed by atoms with Gasteiger partial charge in [-0.15, -0.1) is 0 Å². The third kappa shape index (κ3) is 3.12. The van der Waals surface area contributed by atoms with Gasteiger partial charge in [-0.3, -0.25) is 4.98 Å². The maximum atomic E-state index is 5.58. The van der Waals surface area contributed by atoms with E-state index in [-0.39, 0.29) is 4.99 Å². The molecule has 0 bridgehead atoms. The van der Waals surface area contributed by atoms with Crippen molar-refractivity contribution >= 4 is 17.2 Å². The van der Waals surface area contributed by atoms with E-state index in [2.05, 4.69) is 4.98 Å². The fourth-order valence-electron chi connectivity index (χ4n) is 1.43. The zero-order chi connectivity index (χ0) is 12.1. The van der Waals surface area contributed by atoms with Crippen molar-refractivity contribution in [3.8, 4) is 0 Å².